The highest BCUT2D eigenvalue weighted by atomic mass is 35.5. The van der Waals surface area contributed by atoms with Crippen LogP contribution in [0.25, 0.3) is 0 Å². The van der Waals surface area contributed by atoms with Crippen LogP contribution >= 0.6 is 12.4 Å². The molecule has 1 aromatic rings. The van der Waals surface area contributed by atoms with Crippen LogP contribution in [0.5, 0.6) is 0 Å². The molecule has 1 atom stereocenters. The van der Waals surface area contributed by atoms with Gasteiger partial charge in [-0.25, -0.2) is 4.39 Å². The Morgan fingerprint density at radius 1 is 1.53 bits per heavy atom. The van der Waals surface area contributed by atoms with Gasteiger partial charge in [-0.2, -0.15) is 0 Å². The number of carbonyl (C=O) groups excluding carboxylic acids is 1. The van der Waals surface area contributed by atoms with Gasteiger partial charge in [0.05, 0.1) is 0 Å². The number of amides is 1. The number of hydrogen-bond acceptors (Lipinski definition) is 2. The van der Waals surface area contributed by atoms with Crippen molar-refractivity contribution in [2.45, 2.75) is 12.5 Å². The van der Waals surface area contributed by atoms with E-state index in [1.807, 2.05) is 7.05 Å². The number of likely N-dealkylation sites (tertiary alicyclic amines) is 1. The number of likely N-dealkylation sites (N-methyl/N-ethyl adjacent to an activating group) is 1. The van der Waals surface area contributed by atoms with E-state index in [4.69, 9.17) is 0 Å². The van der Waals surface area contributed by atoms with Gasteiger partial charge in [0.25, 0.3) is 5.91 Å². The predicted octanol–water partition coefficient (Wildman–Crippen LogP) is 1.68. The molecule has 0 saturated carbocycles. The van der Waals surface area contributed by atoms with E-state index < -0.39 is 0 Å². The Hall–Kier alpha value is -1.13. The Bertz CT molecular complexity index is 400. The van der Waals surface area contributed by atoms with Crippen molar-refractivity contribution in [3.63, 3.8) is 0 Å². The lowest BCUT2D eigenvalue weighted by atomic mass is 10.2. The van der Waals surface area contributed by atoms with Gasteiger partial charge in [-0.3, -0.25) is 4.79 Å². The summed E-state index contributed by atoms with van der Waals surface area (Å²) in [6.45, 7) is 1.44. The molecule has 94 valence electrons. The highest BCUT2D eigenvalue weighted by Gasteiger charge is 2.25. The molecule has 1 saturated heterocycles. The lowest BCUT2D eigenvalue weighted by Crippen LogP contribution is -2.33. The molecule has 0 unspecified atom stereocenters. The van der Waals surface area contributed by atoms with Crippen molar-refractivity contribution in [2.75, 3.05) is 20.1 Å². The molecule has 0 radical (unpaired) electrons. The van der Waals surface area contributed by atoms with E-state index in [0.29, 0.717) is 18.2 Å². The van der Waals surface area contributed by atoms with E-state index >= 15 is 0 Å². The molecule has 1 N–H and O–H groups in total. The molecule has 1 aliphatic heterocycles. The maximum Gasteiger partial charge on any atom is 0.254 e. The number of benzene rings is 1. The van der Waals surface area contributed by atoms with E-state index in [2.05, 4.69) is 5.32 Å². The Balaban J connectivity index is 0.00000144. The number of hydrogen-bond donors (Lipinski definition) is 1. The Morgan fingerprint density at radius 3 is 2.88 bits per heavy atom. The quantitative estimate of drug-likeness (QED) is 0.876. The minimum atomic E-state index is -0.366. The predicted molar refractivity (Wildman–Crippen MR) is 67.0 cm³/mol. The summed E-state index contributed by atoms with van der Waals surface area (Å²) in [6, 6.07) is 6.20. The second-order valence-corrected chi connectivity index (χ2v) is 4.04. The normalized spacial score (nSPS) is 18.9. The number of carbonyl (C=O) groups is 1. The maximum absolute atomic E-state index is 13.0. The minimum absolute atomic E-state index is 0. The molecule has 2 rings (SSSR count). The smallest absolute Gasteiger partial charge is 0.254 e. The summed E-state index contributed by atoms with van der Waals surface area (Å²) >= 11 is 0. The average molecular weight is 259 g/mol. The summed E-state index contributed by atoms with van der Waals surface area (Å²) in [4.78, 5) is 13.8. The van der Waals surface area contributed by atoms with E-state index in [-0.39, 0.29) is 24.1 Å². The summed E-state index contributed by atoms with van der Waals surface area (Å²) < 4.78 is 13.0. The largest absolute Gasteiger partial charge is 0.337 e. The first-order chi connectivity index (χ1) is 7.70. The van der Waals surface area contributed by atoms with Crippen molar-refractivity contribution < 1.29 is 9.18 Å². The number of rotatable bonds is 2. The molecule has 0 bridgehead atoms. The van der Waals surface area contributed by atoms with Crippen LogP contribution in [-0.4, -0.2) is 37.0 Å². The third-order valence-electron chi connectivity index (χ3n) is 2.96. The topological polar surface area (TPSA) is 32.3 Å². The molecule has 0 aromatic heterocycles. The molecule has 3 nitrogen and oxygen atoms in total. The molecule has 0 spiro atoms. The molecule has 1 amide bonds. The van der Waals surface area contributed by atoms with Crippen LogP contribution in [0.1, 0.15) is 16.8 Å². The van der Waals surface area contributed by atoms with Crippen molar-refractivity contribution in [3.8, 4) is 0 Å². The Labute approximate surface area is 106 Å². The maximum atomic E-state index is 13.0. The Kier molecular flexibility index (Phi) is 4.90. The summed E-state index contributed by atoms with van der Waals surface area (Å²) in [5.41, 5.74) is 0.428. The SMILES string of the molecule is CN[C@@H]1CCN(C(=O)c2cccc(F)c2)C1.Cl. The molecule has 1 aromatic carbocycles. The summed E-state index contributed by atoms with van der Waals surface area (Å²) in [7, 11) is 1.89. The molecule has 0 aliphatic carbocycles. The van der Waals surface area contributed by atoms with Crippen LogP contribution in [0.4, 0.5) is 4.39 Å². The van der Waals surface area contributed by atoms with E-state index in [1.165, 1.54) is 12.1 Å². The van der Waals surface area contributed by atoms with E-state index in [9.17, 15) is 9.18 Å². The van der Waals surface area contributed by atoms with E-state index in [1.54, 1.807) is 17.0 Å². The van der Waals surface area contributed by atoms with Gasteiger partial charge in [0.2, 0.25) is 0 Å². The average Bonchev–Trinajstić information content (AvgIpc) is 2.76. The summed E-state index contributed by atoms with van der Waals surface area (Å²) in [6.07, 6.45) is 0.956. The van der Waals surface area contributed by atoms with Gasteiger partial charge in [0, 0.05) is 24.7 Å². The van der Waals surface area contributed by atoms with Gasteiger partial charge in [-0.1, -0.05) is 6.07 Å². The second-order valence-electron chi connectivity index (χ2n) is 4.04. The molecule has 17 heavy (non-hydrogen) atoms. The lowest BCUT2D eigenvalue weighted by molar-refractivity contribution is 0.0789. The van der Waals surface area contributed by atoms with Crippen molar-refractivity contribution in [1.29, 1.82) is 0 Å². The summed E-state index contributed by atoms with van der Waals surface area (Å²) in [5.74, 6) is -0.451. The first kappa shape index (κ1) is 13.9. The zero-order valence-corrected chi connectivity index (χ0v) is 10.5. The number of halogens is 2. The lowest BCUT2D eigenvalue weighted by Gasteiger charge is -2.16. The van der Waals surface area contributed by atoms with Gasteiger partial charge in [0.1, 0.15) is 5.82 Å². The molecule has 1 fully saturated rings. The summed E-state index contributed by atoms with van der Waals surface area (Å²) in [5, 5.41) is 3.14. The first-order valence-electron chi connectivity index (χ1n) is 5.43. The fraction of sp³-hybridized carbons (Fsp3) is 0.417. The Morgan fingerprint density at radius 2 is 2.29 bits per heavy atom. The zero-order chi connectivity index (χ0) is 11.5. The first-order valence-corrected chi connectivity index (χ1v) is 5.43. The molecular formula is C12H16ClFN2O. The second kappa shape index (κ2) is 5.98. The highest BCUT2D eigenvalue weighted by molar-refractivity contribution is 5.94. The minimum Gasteiger partial charge on any atom is -0.337 e. The van der Waals surface area contributed by atoms with Crippen LogP contribution in [0, 0.1) is 5.82 Å². The van der Waals surface area contributed by atoms with Gasteiger partial charge >= 0.3 is 0 Å². The van der Waals surface area contributed by atoms with Crippen molar-refractivity contribution in [2.24, 2.45) is 0 Å². The van der Waals surface area contributed by atoms with Crippen molar-refractivity contribution in [3.05, 3.63) is 35.6 Å². The van der Waals surface area contributed by atoms with Gasteiger partial charge in [0.15, 0.2) is 0 Å². The van der Waals surface area contributed by atoms with Gasteiger partial charge < -0.3 is 10.2 Å². The fourth-order valence-electron chi connectivity index (χ4n) is 1.98. The monoisotopic (exact) mass is 258 g/mol. The third kappa shape index (κ3) is 3.17. The van der Waals surface area contributed by atoms with Crippen LogP contribution in [0.15, 0.2) is 24.3 Å². The zero-order valence-electron chi connectivity index (χ0n) is 9.65. The molecular weight excluding hydrogens is 243 g/mol. The molecule has 1 heterocycles. The van der Waals surface area contributed by atoms with Crippen LogP contribution in [-0.2, 0) is 0 Å². The fourth-order valence-corrected chi connectivity index (χ4v) is 1.98. The molecule has 1 aliphatic rings. The molecule has 5 heteroatoms. The standard InChI is InChI=1S/C12H15FN2O.ClH/c1-14-11-5-6-15(8-11)12(16)9-3-2-4-10(13)7-9;/h2-4,7,11,14H,5-6,8H2,1H3;1H/t11-;/m1./s1. The number of nitrogens with one attached hydrogen (secondary N) is 1. The van der Waals surface area contributed by atoms with Gasteiger partial charge in [-0.05, 0) is 31.7 Å². The highest BCUT2D eigenvalue weighted by Crippen LogP contribution is 2.14. The van der Waals surface area contributed by atoms with Crippen LogP contribution < -0.4 is 5.32 Å². The number of nitrogens with zero attached hydrogens (tertiary/aromatic N) is 1. The van der Waals surface area contributed by atoms with Crippen LogP contribution in [0.2, 0.25) is 0 Å². The van der Waals surface area contributed by atoms with Crippen LogP contribution in [0.3, 0.4) is 0 Å². The van der Waals surface area contributed by atoms with Crippen molar-refractivity contribution >= 4 is 18.3 Å². The third-order valence-corrected chi connectivity index (χ3v) is 2.96. The van der Waals surface area contributed by atoms with E-state index in [0.717, 1.165) is 13.0 Å². The van der Waals surface area contributed by atoms with Gasteiger partial charge in [-0.15, -0.1) is 12.4 Å². The van der Waals surface area contributed by atoms with Crippen molar-refractivity contribution in [1.82, 2.24) is 10.2 Å².